The van der Waals surface area contributed by atoms with Crippen molar-refractivity contribution < 1.29 is 38.4 Å². The van der Waals surface area contributed by atoms with Crippen LogP contribution in [0.5, 0.6) is 17.2 Å². The van der Waals surface area contributed by atoms with Crippen LogP contribution in [0, 0.1) is 0 Å². The maximum Gasteiger partial charge on any atom is 0.412 e. The third-order valence-corrected chi connectivity index (χ3v) is 5.97. The van der Waals surface area contributed by atoms with Crippen molar-refractivity contribution in [3.63, 3.8) is 0 Å². The molecule has 0 radical (unpaired) electrons. The molecule has 1 heterocycles. The number of benzene rings is 2. The largest absolute Gasteiger partial charge is 0.506 e. The molecule has 2 aromatic rings. The number of hydrogen-bond acceptors (Lipinski definition) is 9. The number of phenols is 1. The number of phenolic OH excluding ortho intramolecular Hbond substituents is 1. The first-order valence-corrected chi connectivity index (χ1v) is 11.9. The monoisotopic (exact) mass is 605 g/mol. The Balaban J connectivity index is 1.81. The summed E-state index contributed by atoms with van der Waals surface area (Å²) < 4.78 is 27.9. The fourth-order valence-corrected chi connectivity index (χ4v) is 4.46. The fourth-order valence-electron chi connectivity index (χ4n) is 3.11. The van der Waals surface area contributed by atoms with E-state index in [9.17, 15) is 14.7 Å². The number of methoxy groups -OCH3 is 1. The first kappa shape index (κ1) is 25.5. The molecule has 33 heavy (non-hydrogen) atoms. The molecule has 1 aliphatic heterocycles. The maximum atomic E-state index is 12.8. The van der Waals surface area contributed by atoms with Gasteiger partial charge in [-0.2, -0.15) is 12.6 Å². The van der Waals surface area contributed by atoms with Crippen LogP contribution in [-0.2, 0) is 19.0 Å². The smallest absolute Gasteiger partial charge is 0.412 e. The number of fused-ring (bicyclic) bond motifs is 1. The lowest BCUT2D eigenvalue weighted by Gasteiger charge is -2.27. The normalized spacial score (nSPS) is 13.8. The highest BCUT2D eigenvalue weighted by Crippen LogP contribution is 2.39. The topological polar surface area (TPSA) is 113 Å². The van der Waals surface area contributed by atoms with Gasteiger partial charge < -0.3 is 28.8 Å². The lowest BCUT2D eigenvalue weighted by Crippen LogP contribution is -2.29. The highest BCUT2D eigenvalue weighted by Gasteiger charge is 2.31. The number of thiol groups is 1. The summed E-state index contributed by atoms with van der Waals surface area (Å²) in [6.45, 7) is 0.118. The zero-order chi connectivity index (χ0) is 24.0. The van der Waals surface area contributed by atoms with Crippen molar-refractivity contribution in [3.8, 4) is 17.2 Å². The highest BCUT2D eigenvalue weighted by atomic mass is 79.9. The van der Waals surface area contributed by atoms with Gasteiger partial charge in [-0.15, -0.1) is 0 Å². The molecular weight excluding hydrogens is 586 g/mol. The van der Waals surface area contributed by atoms with Crippen LogP contribution in [0.25, 0.3) is 0 Å². The summed E-state index contributed by atoms with van der Waals surface area (Å²) in [6, 6.07) is 8.18. The Kier molecular flexibility index (Phi) is 9.12. The van der Waals surface area contributed by atoms with Crippen LogP contribution < -0.4 is 14.8 Å². The zero-order valence-corrected chi connectivity index (χ0v) is 21.4. The summed E-state index contributed by atoms with van der Waals surface area (Å²) in [5.41, 5.74) is 0.726. The minimum Gasteiger partial charge on any atom is -0.506 e. The first-order valence-electron chi connectivity index (χ1n) is 9.66. The van der Waals surface area contributed by atoms with Gasteiger partial charge in [0.15, 0.2) is 17.6 Å². The van der Waals surface area contributed by atoms with Crippen LogP contribution in [0.2, 0.25) is 0 Å². The van der Waals surface area contributed by atoms with Crippen LogP contribution in [-0.4, -0.2) is 49.5 Å². The van der Waals surface area contributed by atoms with Crippen molar-refractivity contribution in [1.82, 2.24) is 0 Å². The van der Waals surface area contributed by atoms with Crippen molar-refractivity contribution in [2.75, 3.05) is 31.6 Å². The van der Waals surface area contributed by atoms with Crippen LogP contribution >= 0.6 is 44.5 Å². The van der Waals surface area contributed by atoms with Gasteiger partial charge in [-0.25, -0.2) is 4.79 Å². The van der Waals surface area contributed by atoms with Crippen LogP contribution in [0.15, 0.2) is 39.3 Å². The number of esters is 1. The first-order chi connectivity index (χ1) is 15.8. The molecule has 2 N–H and O–H groups in total. The number of anilines is 1. The average Bonchev–Trinajstić information content (AvgIpc) is 3.25. The highest BCUT2D eigenvalue weighted by molar-refractivity contribution is 9.11. The Labute approximate surface area is 212 Å². The molecule has 1 amide bonds. The van der Waals surface area contributed by atoms with Gasteiger partial charge in [-0.05, 0) is 40.2 Å². The number of hydrogen-bond donors (Lipinski definition) is 3. The molecule has 0 saturated heterocycles. The van der Waals surface area contributed by atoms with E-state index < -0.39 is 24.3 Å². The van der Waals surface area contributed by atoms with E-state index in [1.165, 1.54) is 7.11 Å². The van der Waals surface area contributed by atoms with E-state index in [0.717, 1.165) is 0 Å². The molecule has 0 aliphatic carbocycles. The van der Waals surface area contributed by atoms with E-state index in [1.54, 1.807) is 30.3 Å². The molecule has 0 bridgehead atoms. The van der Waals surface area contributed by atoms with Gasteiger partial charge in [0.25, 0.3) is 0 Å². The molecule has 2 aromatic carbocycles. The van der Waals surface area contributed by atoms with Gasteiger partial charge >= 0.3 is 12.1 Å². The van der Waals surface area contributed by atoms with E-state index in [2.05, 4.69) is 49.8 Å². The SMILES string of the molecule is CO[C@H](CCOC(=O)CS)[C@H](OC(=O)Nc1ccc2c(c1)OCO2)c1cc(Br)cc(Br)c1O. The Bertz CT molecular complexity index is 1020. The molecule has 1 aliphatic rings. The molecule has 0 spiro atoms. The van der Waals surface area contributed by atoms with Crippen molar-refractivity contribution in [2.24, 2.45) is 0 Å². The number of amides is 1. The van der Waals surface area contributed by atoms with Crippen LogP contribution in [0.4, 0.5) is 10.5 Å². The Morgan fingerprint density at radius 3 is 2.70 bits per heavy atom. The average molecular weight is 607 g/mol. The van der Waals surface area contributed by atoms with Gasteiger partial charge in [-0.1, -0.05) is 15.9 Å². The van der Waals surface area contributed by atoms with Crippen molar-refractivity contribution in [2.45, 2.75) is 18.6 Å². The summed E-state index contributed by atoms with van der Waals surface area (Å²) in [7, 11) is 1.43. The van der Waals surface area contributed by atoms with Gasteiger partial charge in [0.1, 0.15) is 11.9 Å². The van der Waals surface area contributed by atoms with Crippen molar-refractivity contribution in [3.05, 3.63) is 44.8 Å². The molecule has 0 saturated carbocycles. The van der Waals surface area contributed by atoms with Gasteiger partial charge in [0.05, 0.1) is 16.8 Å². The standard InChI is InChI=1S/C21H21Br2NO8S/c1-28-16(4-5-29-18(25)9-33)20(13-6-11(22)7-14(23)19(13)26)32-21(27)24-12-2-3-15-17(8-12)31-10-30-15/h2-3,6-8,16,20,26,33H,4-5,9-10H2,1H3,(H,24,27)/t16-,20-/m1/s1. The predicted octanol–water partition coefficient (Wildman–Crippen LogP) is 4.81. The molecular formula is C21H21Br2NO8S. The molecule has 12 heteroatoms. The fraction of sp³-hybridized carbons (Fsp3) is 0.333. The molecule has 0 aromatic heterocycles. The second kappa shape index (κ2) is 11.8. The Morgan fingerprint density at radius 1 is 1.21 bits per heavy atom. The van der Waals surface area contributed by atoms with E-state index in [1.807, 2.05) is 0 Å². The number of carbonyl (C=O) groups excluding carboxylic acids is 2. The number of rotatable bonds is 9. The van der Waals surface area contributed by atoms with Gasteiger partial charge in [0.2, 0.25) is 6.79 Å². The minimum atomic E-state index is -1.03. The molecule has 0 fully saturated rings. The lowest BCUT2D eigenvalue weighted by atomic mass is 10.0. The summed E-state index contributed by atoms with van der Waals surface area (Å²) in [5.74, 6) is 0.409. The molecule has 0 unspecified atom stereocenters. The Morgan fingerprint density at radius 2 is 1.97 bits per heavy atom. The van der Waals surface area contributed by atoms with Crippen molar-refractivity contribution >= 4 is 62.2 Å². The van der Waals surface area contributed by atoms with E-state index in [-0.39, 0.29) is 31.3 Å². The maximum absolute atomic E-state index is 12.8. The number of halogens is 2. The third kappa shape index (κ3) is 6.69. The quantitative estimate of drug-likeness (QED) is 0.275. The Hall–Kier alpha value is -2.15. The zero-order valence-electron chi connectivity index (χ0n) is 17.4. The van der Waals surface area contributed by atoms with Crippen LogP contribution in [0.1, 0.15) is 18.1 Å². The lowest BCUT2D eigenvalue weighted by molar-refractivity contribution is -0.141. The third-order valence-electron chi connectivity index (χ3n) is 4.65. The predicted molar refractivity (Wildman–Crippen MR) is 129 cm³/mol. The number of carbonyl (C=O) groups is 2. The van der Waals surface area contributed by atoms with E-state index in [4.69, 9.17) is 23.7 Å². The summed E-state index contributed by atoms with van der Waals surface area (Å²) in [4.78, 5) is 24.2. The number of nitrogens with one attached hydrogen (secondary N) is 1. The molecule has 178 valence electrons. The van der Waals surface area contributed by atoms with Gasteiger partial charge in [-0.3, -0.25) is 10.1 Å². The molecule has 3 rings (SSSR count). The molecule has 2 atom stereocenters. The van der Waals surface area contributed by atoms with Crippen molar-refractivity contribution in [1.29, 1.82) is 0 Å². The summed E-state index contributed by atoms with van der Waals surface area (Å²) in [5, 5.41) is 13.3. The molecule has 9 nitrogen and oxygen atoms in total. The minimum absolute atomic E-state index is 0.0114. The van der Waals surface area contributed by atoms with E-state index in [0.29, 0.717) is 31.7 Å². The number of aromatic hydroxyl groups is 1. The summed E-state index contributed by atoms with van der Waals surface area (Å²) in [6.07, 6.45) is -2.37. The number of ether oxygens (including phenoxy) is 5. The second-order valence-electron chi connectivity index (χ2n) is 6.79. The van der Waals surface area contributed by atoms with Gasteiger partial charge in [0, 0.05) is 35.3 Å². The van der Waals surface area contributed by atoms with Crippen LogP contribution in [0.3, 0.4) is 0 Å². The summed E-state index contributed by atoms with van der Waals surface area (Å²) >= 11 is 10.5. The second-order valence-corrected chi connectivity index (χ2v) is 8.87. The van der Waals surface area contributed by atoms with E-state index >= 15 is 0 Å².